The summed E-state index contributed by atoms with van der Waals surface area (Å²) in [6.45, 7) is 1.60. The van der Waals surface area contributed by atoms with Crippen molar-refractivity contribution in [2.45, 2.75) is 12.5 Å². The summed E-state index contributed by atoms with van der Waals surface area (Å²) in [6.07, 6.45) is 11.2. The molecule has 1 aliphatic heterocycles. The van der Waals surface area contributed by atoms with Gasteiger partial charge in [0.05, 0.1) is 13.2 Å². The summed E-state index contributed by atoms with van der Waals surface area (Å²) in [4.78, 5) is 0. The second-order valence-corrected chi connectivity index (χ2v) is 3.74. The lowest BCUT2D eigenvalue weighted by Crippen LogP contribution is -2.04. The molecule has 0 radical (unpaired) electrons. The van der Waals surface area contributed by atoms with Crippen molar-refractivity contribution in [1.82, 2.24) is 0 Å². The molecule has 1 aliphatic carbocycles. The van der Waals surface area contributed by atoms with Gasteiger partial charge in [-0.2, -0.15) is 0 Å². The minimum Gasteiger partial charge on any atom is -0.491 e. The van der Waals surface area contributed by atoms with Gasteiger partial charge >= 0.3 is 0 Å². The summed E-state index contributed by atoms with van der Waals surface area (Å²) in [5, 5.41) is 8.64. The molecule has 0 amide bonds. The Kier molecular flexibility index (Phi) is 3.59. The molecule has 1 N–H and O–H groups in total. The van der Waals surface area contributed by atoms with Gasteiger partial charge in [-0.25, -0.2) is 0 Å². The summed E-state index contributed by atoms with van der Waals surface area (Å²) >= 11 is 0. The first-order valence-electron chi connectivity index (χ1n) is 5.29. The van der Waals surface area contributed by atoms with E-state index in [1.54, 1.807) is 6.08 Å². The normalized spacial score (nSPS) is 29.3. The van der Waals surface area contributed by atoms with E-state index in [0.717, 1.165) is 18.8 Å². The monoisotopic (exact) mass is 208 g/mol. The van der Waals surface area contributed by atoms with Gasteiger partial charge in [0.1, 0.15) is 18.5 Å². The summed E-state index contributed by atoms with van der Waals surface area (Å²) in [5.41, 5.74) is 0. The molecule has 0 bridgehead atoms. The molecule has 0 saturated carbocycles. The van der Waals surface area contributed by atoms with E-state index in [2.05, 4.69) is 12.2 Å². The highest BCUT2D eigenvalue weighted by molar-refractivity contribution is 5.21. The lowest BCUT2D eigenvalue weighted by molar-refractivity contribution is 0.191. The minimum absolute atomic E-state index is 0.108. The van der Waals surface area contributed by atoms with Gasteiger partial charge in [0, 0.05) is 0 Å². The van der Waals surface area contributed by atoms with E-state index in [0.29, 0.717) is 18.6 Å². The van der Waals surface area contributed by atoms with Gasteiger partial charge in [-0.1, -0.05) is 18.2 Å². The summed E-state index contributed by atoms with van der Waals surface area (Å²) in [6, 6.07) is 0. The number of hydrogen-bond donors (Lipinski definition) is 1. The van der Waals surface area contributed by atoms with Crippen molar-refractivity contribution in [3.05, 3.63) is 36.1 Å². The van der Waals surface area contributed by atoms with E-state index in [4.69, 9.17) is 14.6 Å². The van der Waals surface area contributed by atoms with E-state index in [9.17, 15) is 0 Å². The molecule has 2 unspecified atom stereocenters. The van der Waals surface area contributed by atoms with Crippen LogP contribution in [0, 0.1) is 5.92 Å². The maximum atomic E-state index is 8.64. The van der Waals surface area contributed by atoms with Gasteiger partial charge in [0.25, 0.3) is 0 Å². The van der Waals surface area contributed by atoms with Crippen molar-refractivity contribution in [1.29, 1.82) is 0 Å². The van der Waals surface area contributed by atoms with E-state index < -0.39 is 0 Å². The molecule has 15 heavy (non-hydrogen) atoms. The lowest BCUT2D eigenvalue weighted by Gasteiger charge is -2.13. The fourth-order valence-electron chi connectivity index (χ4n) is 1.46. The molecule has 1 saturated heterocycles. The predicted octanol–water partition coefficient (Wildman–Crippen LogP) is 1.41. The third-order valence-electron chi connectivity index (χ3n) is 2.43. The molecule has 0 aromatic rings. The highest BCUT2D eigenvalue weighted by Gasteiger charge is 2.23. The van der Waals surface area contributed by atoms with Crippen molar-refractivity contribution in [2.75, 3.05) is 19.8 Å². The second kappa shape index (κ2) is 5.14. The van der Waals surface area contributed by atoms with Gasteiger partial charge in [-0.05, 0) is 24.5 Å². The number of aliphatic hydroxyl groups excluding tert-OH is 1. The van der Waals surface area contributed by atoms with Crippen molar-refractivity contribution in [3.8, 4) is 0 Å². The Bertz CT molecular complexity index is 287. The first kappa shape index (κ1) is 10.5. The number of hydrogen-bond acceptors (Lipinski definition) is 3. The van der Waals surface area contributed by atoms with Crippen LogP contribution >= 0.6 is 0 Å². The number of aliphatic hydroxyl groups is 1. The highest BCUT2D eigenvalue weighted by Crippen LogP contribution is 2.19. The first-order chi connectivity index (χ1) is 7.38. The van der Waals surface area contributed by atoms with Crippen LogP contribution in [-0.2, 0) is 9.47 Å². The van der Waals surface area contributed by atoms with Crippen LogP contribution in [0.2, 0.25) is 0 Å². The zero-order valence-corrected chi connectivity index (χ0v) is 8.63. The topological polar surface area (TPSA) is 42.0 Å². The Morgan fingerprint density at radius 3 is 3.07 bits per heavy atom. The predicted molar refractivity (Wildman–Crippen MR) is 57.2 cm³/mol. The van der Waals surface area contributed by atoms with E-state index >= 15 is 0 Å². The van der Waals surface area contributed by atoms with E-state index in [1.165, 1.54) is 0 Å². The Balaban J connectivity index is 1.73. The summed E-state index contributed by atoms with van der Waals surface area (Å²) < 4.78 is 10.6. The van der Waals surface area contributed by atoms with Crippen LogP contribution < -0.4 is 0 Å². The quantitative estimate of drug-likeness (QED) is 0.548. The minimum atomic E-state index is 0.108. The molecule has 3 heteroatoms. The summed E-state index contributed by atoms with van der Waals surface area (Å²) in [7, 11) is 0. The molecule has 3 nitrogen and oxygen atoms in total. The Morgan fingerprint density at radius 2 is 2.47 bits per heavy atom. The van der Waals surface area contributed by atoms with Crippen molar-refractivity contribution in [2.24, 2.45) is 5.92 Å². The van der Waals surface area contributed by atoms with Gasteiger partial charge in [0.15, 0.2) is 0 Å². The summed E-state index contributed by atoms with van der Waals surface area (Å²) in [5.74, 6) is 1.32. The maximum Gasteiger partial charge on any atom is 0.117 e. The average molecular weight is 208 g/mol. The molecule has 2 rings (SSSR count). The molecule has 1 fully saturated rings. The zero-order valence-electron chi connectivity index (χ0n) is 8.63. The molecule has 0 spiro atoms. The lowest BCUT2D eigenvalue weighted by atomic mass is 10.00. The van der Waals surface area contributed by atoms with Crippen LogP contribution in [-0.4, -0.2) is 31.0 Å². The molecule has 2 aliphatic rings. The number of rotatable bonds is 5. The third kappa shape index (κ3) is 3.53. The largest absolute Gasteiger partial charge is 0.491 e. The van der Waals surface area contributed by atoms with Crippen molar-refractivity contribution >= 4 is 0 Å². The highest BCUT2D eigenvalue weighted by atomic mass is 16.6. The molecule has 0 aromatic heterocycles. The average Bonchev–Trinajstić information content (AvgIpc) is 3.09. The molecule has 0 aromatic carbocycles. The maximum absolute atomic E-state index is 8.64. The SMILES string of the molecule is OC/C=C/C1C=CC(OCC2CO2)=CC1. The van der Waals surface area contributed by atoms with Crippen LogP contribution in [0.5, 0.6) is 0 Å². The Labute approximate surface area is 89.7 Å². The van der Waals surface area contributed by atoms with Gasteiger partial charge < -0.3 is 14.6 Å². The van der Waals surface area contributed by atoms with Crippen LogP contribution in [0.1, 0.15) is 6.42 Å². The van der Waals surface area contributed by atoms with Crippen LogP contribution in [0.4, 0.5) is 0 Å². The third-order valence-corrected chi connectivity index (χ3v) is 2.43. The smallest absolute Gasteiger partial charge is 0.117 e. The molecule has 2 atom stereocenters. The van der Waals surface area contributed by atoms with Gasteiger partial charge in [-0.3, -0.25) is 0 Å². The van der Waals surface area contributed by atoms with Crippen molar-refractivity contribution < 1.29 is 14.6 Å². The number of allylic oxidation sites excluding steroid dienone is 4. The van der Waals surface area contributed by atoms with Gasteiger partial charge in [-0.15, -0.1) is 0 Å². The van der Waals surface area contributed by atoms with E-state index in [-0.39, 0.29) is 6.61 Å². The Morgan fingerprint density at radius 1 is 1.60 bits per heavy atom. The van der Waals surface area contributed by atoms with Crippen LogP contribution in [0.25, 0.3) is 0 Å². The molecule has 82 valence electrons. The van der Waals surface area contributed by atoms with Gasteiger partial charge in [0.2, 0.25) is 0 Å². The molecular weight excluding hydrogens is 192 g/mol. The van der Waals surface area contributed by atoms with E-state index in [1.807, 2.05) is 12.2 Å². The van der Waals surface area contributed by atoms with Crippen LogP contribution in [0.3, 0.4) is 0 Å². The number of epoxide rings is 1. The standard InChI is InChI=1S/C12H16O3/c13-7-1-2-10-3-5-11(6-4-10)14-8-12-9-15-12/h1-3,5-6,10,12-13H,4,7-9H2/b2-1+. The zero-order chi connectivity index (χ0) is 10.5. The van der Waals surface area contributed by atoms with Crippen molar-refractivity contribution in [3.63, 3.8) is 0 Å². The number of ether oxygens (including phenoxy) is 2. The fraction of sp³-hybridized carbons (Fsp3) is 0.500. The van der Waals surface area contributed by atoms with Crippen LogP contribution in [0.15, 0.2) is 36.1 Å². The first-order valence-corrected chi connectivity index (χ1v) is 5.29. The Hall–Kier alpha value is -1.06. The molecule has 1 heterocycles. The second-order valence-electron chi connectivity index (χ2n) is 3.74. The fourth-order valence-corrected chi connectivity index (χ4v) is 1.46. The molecular formula is C12H16O3.